The Balaban J connectivity index is 1.76. The zero-order valence-corrected chi connectivity index (χ0v) is 14.7. The van der Waals surface area contributed by atoms with Crippen molar-refractivity contribution in [3.05, 3.63) is 64.9 Å². The van der Waals surface area contributed by atoms with Gasteiger partial charge in [-0.05, 0) is 36.4 Å². The standard InChI is InChI=1S/C19H13ClF3NO3/c1-26-16-10-13(20)7-11-8-15(27-18(11)16)5-6-17(25)24-14-4-2-3-12(9-14)19(21,22)23/h2-10H,1H3,(H,24,25). The number of carbonyl (C=O) groups is 1. The Bertz CT molecular complexity index is 1020. The molecule has 0 aliphatic carbocycles. The van der Waals surface area contributed by atoms with Crippen molar-refractivity contribution in [2.24, 2.45) is 0 Å². The predicted octanol–water partition coefficient (Wildman–Crippen LogP) is 5.77. The fraction of sp³-hybridized carbons (Fsp3) is 0.105. The maximum Gasteiger partial charge on any atom is 0.416 e. The lowest BCUT2D eigenvalue weighted by molar-refractivity contribution is -0.137. The average Bonchev–Trinajstić information content (AvgIpc) is 3.01. The van der Waals surface area contributed by atoms with Gasteiger partial charge in [0.25, 0.3) is 0 Å². The van der Waals surface area contributed by atoms with Crippen molar-refractivity contribution in [3.8, 4) is 5.75 Å². The number of carbonyl (C=O) groups excluding carboxylic acids is 1. The SMILES string of the molecule is COc1cc(Cl)cc2cc(C=CC(=O)Nc3cccc(C(F)(F)F)c3)oc12. The molecule has 1 heterocycles. The summed E-state index contributed by atoms with van der Waals surface area (Å²) in [6, 6.07) is 9.33. The second-order valence-electron chi connectivity index (χ2n) is 5.58. The van der Waals surface area contributed by atoms with E-state index >= 15 is 0 Å². The third-order valence-electron chi connectivity index (χ3n) is 3.64. The van der Waals surface area contributed by atoms with Gasteiger partial charge in [0.15, 0.2) is 11.3 Å². The first-order valence-corrected chi connectivity index (χ1v) is 8.07. The molecular formula is C19H13ClF3NO3. The highest BCUT2D eigenvalue weighted by atomic mass is 35.5. The number of furan rings is 1. The van der Waals surface area contributed by atoms with Crippen LogP contribution in [0.25, 0.3) is 17.0 Å². The first-order valence-electron chi connectivity index (χ1n) is 7.69. The molecule has 140 valence electrons. The molecule has 2 aromatic carbocycles. The van der Waals surface area contributed by atoms with Crippen LogP contribution in [0, 0.1) is 0 Å². The summed E-state index contributed by atoms with van der Waals surface area (Å²) >= 11 is 5.99. The van der Waals surface area contributed by atoms with Crippen molar-refractivity contribution < 1.29 is 27.1 Å². The van der Waals surface area contributed by atoms with E-state index in [4.69, 9.17) is 20.8 Å². The van der Waals surface area contributed by atoms with Crippen molar-refractivity contribution >= 4 is 40.2 Å². The lowest BCUT2D eigenvalue weighted by Crippen LogP contribution is -2.10. The molecule has 3 aromatic rings. The van der Waals surface area contributed by atoms with Crippen molar-refractivity contribution in [3.63, 3.8) is 0 Å². The summed E-state index contributed by atoms with van der Waals surface area (Å²) in [7, 11) is 1.48. The molecule has 0 aliphatic rings. The predicted molar refractivity (Wildman–Crippen MR) is 96.9 cm³/mol. The third kappa shape index (κ3) is 4.43. The van der Waals surface area contributed by atoms with Gasteiger partial charge >= 0.3 is 6.18 Å². The number of ether oxygens (including phenoxy) is 1. The molecule has 0 aliphatic heterocycles. The van der Waals surface area contributed by atoms with Crippen LogP contribution in [0.5, 0.6) is 5.75 Å². The van der Waals surface area contributed by atoms with E-state index in [0.29, 0.717) is 27.5 Å². The highest BCUT2D eigenvalue weighted by molar-refractivity contribution is 6.31. The molecule has 0 saturated carbocycles. The van der Waals surface area contributed by atoms with Crippen LogP contribution in [0.15, 0.2) is 53.0 Å². The Kier molecular flexibility index (Phi) is 5.14. The summed E-state index contributed by atoms with van der Waals surface area (Å²) in [5, 5.41) is 3.54. The first-order chi connectivity index (χ1) is 12.8. The summed E-state index contributed by atoms with van der Waals surface area (Å²) in [5.74, 6) is 0.218. The Hall–Kier alpha value is -2.93. The molecule has 0 radical (unpaired) electrons. The quantitative estimate of drug-likeness (QED) is 0.571. The normalized spacial score (nSPS) is 11.9. The Morgan fingerprint density at radius 3 is 2.70 bits per heavy atom. The summed E-state index contributed by atoms with van der Waals surface area (Å²) in [6.07, 6.45) is -1.92. The molecule has 0 fully saturated rings. The molecule has 8 heteroatoms. The summed E-state index contributed by atoms with van der Waals surface area (Å²) in [6.45, 7) is 0. The van der Waals surface area contributed by atoms with Crippen LogP contribution in [-0.4, -0.2) is 13.0 Å². The van der Waals surface area contributed by atoms with Crippen molar-refractivity contribution in [1.29, 1.82) is 0 Å². The van der Waals surface area contributed by atoms with Gasteiger partial charge in [0.1, 0.15) is 5.76 Å². The lowest BCUT2D eigenvalue weighted by atomic mass is 10.2. The number of fused-ring (bicyclic) bond motifs is 1. The van der Waals surface area contributed by atoms with Gasteiger partial charge in [0, 0.05) is 28.2 Å². The number of nitrogens with one attached hydrogen (secondary N) is 1. The third-order valence-corrected chi connectivity index (χ3v) is 3.86. The molecule has 4 nitrogen and oxygen atoms in total. The maximum atomic E-state index is 12.7. The van der Waals surface area contributed by atoms with E-state index in [2.05, 4.69) is 5.32 Å². The minimum atomic E-state index is -4.48. The Labute approximate surface area is 157 Å². The van der Waals surface area contributed by atoms with Crippen LogP contribution in [-0.2, 0) is 11.0 Å². The number of benzene rings is 2. The van der Waals surface area contributed by atoms with Crippen LogP contribution < -0.4 is 10.1 Å². The Morgan fingerprint density at radius 1 is 1.22 bits per heavy atom. The van der Waals surface area contributed by atoms with E-state index in [0.717, 1.165) is 18.2 Å². The van der Waals surface area contributed by atoms with Crippen molar-refractivity contribution in [2.45, 2.75) is 6.18 Å². The fourth-order valence-corrected chi connectivity index (χ4v) is 2.67. The molecule has 0 saturated heterocycles. The monoisotopic (exact) mass is 395 g/mol. The number of anilines is 1. The van der Waals surface area contributed by atoms with E-state index in [1.165, 1.54) is 25.3 Å². The molecule has 1 N–H and O–H groups in total. The minimum Gasteiger partial charge on any atom is -0.493 e. The molecule has 1 amide bonds. The molecule has 3 rings (SSSR count). The number of hydrogen-bond donors (Lipinski definition) is 1. The largest absolute Gasteiger partial charge is 0.493 e. The summed E-state index contributed by atoms with van der Waals surface area (Å²) in [4.78, 5) is 12.0. The van der Waals surface area contributed by atoms with Crippen LogP contribution in [0.1, 0.15) is 11.3 Å². The molecule has 1 aromatic heterocycles. The fourth-order valence-electron chi connectivity index (χ4n) is 2.45. The molecule has 27 heavy (non-hydrogen) atoms. The second-order valence-corrected chi connectivity index (χ2v) is 6.01. The summed E-state index contributed by atoms with van der Waals surface area (Å²) in [5.41, 5.74) is -0.331. The number of alkyl halides is 3. The topological polar surface area (TPSA) is 51.5 Å². The van der Waals surface area contributed by atoms with E-state index in [1.807, 2.05) is 0 Å². The molecular weight excluding hydrogens is 383 g/mol. The molecule has 0 spiro atoms. The van der Waals surface area contributed by atoms with Crippen molar-refractivity contribution in [1.82, 2.24) is 0 Å². The van der Waals surface area contributed by atoms with Crippen LogP contribution in [0.2, 0.25) is 5.02 Å². The zero-order valence-electron chi connectivity index (χ0n) is 13.9. The highest BCUT2D eigenvalue weighted by Gasteiger charge is 2.30. The van der Waals surface area contributed by atoms with Crippen molar-refractivity contribution in [2.75, 3.05) is 12.4 Å². The van der Waals surface area contributed by atoms with Gasteiger partial charge in [0.2, 0.25) is 5.91 Å². The Morgan fingerprint density at radius 2 is 2.00 bits per heavy atom. The second kappa shape index (κ2) is 7.36. The van der Waals surface area contributed by atoms with E-state index in [9.17, 15) is 18.0 Å². The number of methoxy groups -OCH3 is 1. The van der Waals surface area contributed by atoms with Gasteiger partial charge in [-0.3, -0.25) is 4.79 Å². The van der Waals surface area contributed by atoms with Gasteiger partial charge in [-0.15, -0.1) is 0 Å². The number of halogens is 4. The molecule has 0 bridgehead atoms. The highest BCUT2D eigenvalue weighted by Crippen LogP contribution is 2.33. The van der Waals surface area contributed by atoms with Crippen LogP contribution in [0.4, 0.5) is 18.9 Å². The van der Waals surface area contributed by atoms with Crippen LogP contribution in [0.3, 0.4) is 0 Å². The number of amides is 1. The zero-order chi connectivity index (χ0) is 19.6. The minimum absolute atomic E-state index is 0.0394. The van der Waals surface area contributed by atoms with E-state index in [-0.39, 0.29) is 5.69 Å². The molecule has 0 atom stereocenters. The van der Waals surface area contributed by atoms with Crippen LogP contribution >= 0.6 is 11.6 Å². The maximum absolute atomic E-state index is 12.7. The smallest absolute Gasteiger partial charge is 0.416 e. The van der Waals surface area contributed by atoms with E-state index < -0.39 is 17.6 Å². The van der Waals surface area contributed by atoms with Gasteiger partial charge in [-0.1, -0.05) is 17.7 Å². The van der Waals surface area contributed by atoms with Gasteiger partial charge in [-0.2, -0.15) is 13.2 Å². The average molecular weight is 396 g/mol. The van der Waals surface area contributed by atoms with E-state index in [1.54, 1.807) is 18.2 Å². The van der Waals surface area contributed by atoms with Gasteiger partial charge in [-0.25, -0.2) is 0 Å². The molecule has 0 unspecified atom stereocenters. The number of rotatable bonds is 4. The first kappa shape index (κ1) is 18.8. The van der Waals surface area contributed by atoms with Gasteiger partial charge in [0.05, 0.1) is 12.7 Å². The van der Waals surface area contributed by atoms with Gasteiger partial charge < -0.3 is 14.5 Å². The lowest BCUT2D eigenvalue weighted by Gasteiger charge is -2.08. The number of hydrogen-bond acceptors (Lipinski definition) is 3. The summed E-state index contributed by atoms with van der Waals surface area (Å²) < 4.78 is 48.9.